The molecule has 0 atom stereocenters. The Morgan fingerprint density at radius 2 is 1.15 bits per heavy atom. The van der Waals surface area contributed by atoms with E-state index in [0.717, 1.165) is 132 Å². The van der Waals surface area contributed by atoms with E-state index in [1.165, 1.54) is 9.13 Å². The fourth-order valence-corrected chi connectivity index (χ4v) is 9.13. The van der Waals surface area contributed by atoms with Crippen LogP contribution in [0.25, 0.3) is 0 Å². The second-order valence-electron chi connectivity index (χ2n) is 17.9. The van der Waals surface area contributed by atoms with Gasteiger partial charge in [0, 0.05) is 107 Å². The maximum atomic E-state index is 13.0. The van der Waals surface area contributed by atoms with Gasteiger partial charge in [-0.3, -0.25) is 37.4 Å². The molecule has 4 aromatic heterocycles. The normalized spacial score (nSPS) is 17.1. The molecule has 67 heavy (non-hydrogen) atoms. The Morgan fingerprint density at radius 1 is 0.657 bits per heavy atom. The third kappa shape index (κ3) is 10.7. The van der Waals surface area contributed by atoms with Crippen molar-refractivity contribution in [3.05, 3.63) is 106 Å². The monoisotopic (exact) mass is 936 g/mol. The number of pyridine rings is 2. The summed E-state index contributed by atoms with van der Waals surface area (Å²) in [4.78, 5) is 95.9. The van der Waals surface area contributed by atoms with Gasteiger partial charge in [0.05, 0.1) is 22.6 Å². The molecule has 0 aromatic carbocycles. The quantitative estimate of drug-likeness (QED) is 0.117. The predicted octanol–water partition coefficient (Wildman–Crippen LogP) is 4.69. The van der Waals surface area contributed by atoms with Gasteiger partial charge in [0.1, 0.15) is 22.6 Å². The van der Waals surface area contributed by atoms with E-state index < -0.39 is 0 Å². The van der Waals surface area contributed by atoms with Crippen LogP contribution in [-0.4, -0.2) is 101 Å². The average molecular weight is 938 g/mol. The van der Waals surface area contributed by atoms with E-state index >= 15 is 0 Å². The van der Waals surface area contributed by atoms with Crippen molar-refractivity contribution in [1.29, 1.82) is 0 Å². The molecule has 8 heterocycles. The fraction of sp³-hybridized carbons (Fsp3) is 0.542. The van der Waals surface area contributed by atoms with Crippen LogP contribution >= 0.6 is 11.6 Å². The lowest BCUT2D eigenvalue weighted by molar-refractivity contribution is -0.128. The van der Waals surface area contributed by atoms with Crippen LogP contribution in [0.2, 0.25) is 5.15 Å². The van der Waals surface area contributed by atoms with Gasteiger partial charge in [-0.1, -0.05) is 25.4 Å². The van der Waals surface area contributed by atoms with Crippen LogP contribution in [0.4, 0.5) is 17.5 Å². The van der Waals surface area contributed by atoms with Gasteiger partial charge in [0.2, 0.25) is 11.8 Å². The summed E-state index contributed by atoms with van der Waals surface area (Å²) >= 11 is 5.83. The smallest absolute Gasteiger partial charge is 0.332 e. The van der Waals surface area contributed by atoms with Crippen LogP contribution in [0.5, 0.6) is 0 Å². The highest BCUT2D eigenvalue weighted by Gasteiger charge is 2.34. The van der Waals surface area contributed by atoms with Crippen LogP contribution in [0.15, 0.2) is 65.8 Å². The number of aromatic nitrogens is 6. The van der Waals surface area contributed by atoms with E-state index in [1.54, 1.807) is 27.6 Å². The van der Waals surface area contributed by atoms with Crippen molar-refractivity contribution in [3.63, 3.8) is 0 Å². The van der Waals surface area contributed by atoms with Gasteiger partial charge >= 0.3 is 11.4 Å². The van der Waals surface area contributed by atoms with Crippen molar-refractivity contribution in [3.8, 4) is 0 Å². The SMILES string of the molecule is CCCn1c2c(c(=O)n(C3CC3)c1=O)CC(c1ccc(Cl)nc1)=N2.CCCn1c2c(c(=O)n(C3CC3)c1=O)CC(c1ccc(NCCCN3CCCC3=O)nc1)=N2.NCCCN1CCCC1=O. The zero-order valence-electron chi connectivity index (χ0n) is 38.6. The highest BCUT2D eigenvalue weighted by molar-refractivity contribution is 6.29. The molecular formula is C48H61ClN12O6. The zero-order valence-corrected chi connectivity index (χ0v) is 39.3. The Balaban J connectivity index is 0.000000156. The molecule has 2 saturated heterocycles. The lowest BCUT2D eigenvalue weighted by Crippen LogP contribution is -2.40. The topological polar surface area (TPSA) is 217 Å². The van der Waals surface area contributed by atoms with Gasteiger partial charge in [0.15, 0.2) is 0 Å². The van der Waals surface area contributed by atoms with Crippen molar-refractivity contribution in [2.24, 2.45) is 15.7 Å². The molecule has 10 rings (SSSR count). The van der Waals surface area contributed by atoms with Crippen LogP contribution in [0.3, 0.4) is 0 Å². The summed E-state index contributed by atoms with van der Waals surface area (Å²) in [6.07, 6.45) is 14.7. The molecule has 356 valence electrons. The van der Waals surface area contributed by atoms with E-state index in [2.05, 4.69) is 20.3 Å². The first-order valence-electron chi connectivity index (χ1n) is 24.0. The number of nitrogens with one attached hydrogen (secondary N) is 1. The Morgan fingerprint density at radius 3 is 1.55 bits per heavy atom. The maximum Gasteiger partial charge on any atom is 0.332 e. The van der Waals surface area contributed by atoms with Crippen molar-refractivity contribution in [2.45, 2.75) is 129 Å². The highest BCUT2D eigenvalue weighted by Crippen LogP contribution is 2.35. The maximum absolute atomic E-state index is 13.0. The summed E-state index contributed by atoms with van der Waals surface area (Å²) in [7, 11) is 0. The van der Waals surface area contributed by atoms with Crippen molar-refractivity contribution in [2.75, 3.05) is 44.6 Å². The molecule has 4 fully saturated rings. The lowest BCUT2D eigenvalue weighted by atomic mass is 10.1. The minimum atomic E-state index is -0.235. The number of halogens is 1. The molecule has 3 N–H and O–H groups in total. The van der Waals surface area contributed by atoms with Gasteiger partial charge in [0.25, 0.3) is 11.1 Å². The van der Waals surface area contributed by atoms with Crippen LogP contribution in [-0.2, 0) is 35.5 Å². The van der Waals surface area contributed by atoms with E-state index in [4.69, 9.17) is 22.3 Å². The van der Waals surface area contributed by atoms with E-state index in [-0.39, 0.29) is 40.5 Å². The molecule has 2 aliphatic carbocycles. The predicted molar refractivity (Wildman–Crippen MR) is 259 cm³/mol. The molecule has 2 saturated carbocycles. The second-order valence-corrected chi connectivity index (χ2v) is 18.3. The number of rotatable bonds is 16. The van der Waals surface area contributed by atoms with Gasteiger partial charge in [-0.15, -0.1) is 0 Å². The zero-order chi connectivity index (χ0) is 47.2. The Kier molecular flexibility index (Phi) is 15.1. The minimum Gasteiger partial charge on any atom is -0.370 e. The van der Waals surface area contributed by atoms with Gasteiger partial charge in [-0.05, 0) is 95.0 Å². The van der Waals surface area contributed by atoms with E-state index in [9.17, 15) is 28.8 Å². The van der Waals surface area contributed by atoms with Crippen LogP contribution in [0, 0.1) is 0 Å². The number of carbonyl (C=O) groups excluding carboxylic acids is 2. The molecule has 0 spiro atoms. The van der Waals surface area contributed by atoms with Gasteiger partial charge in [-0.2, -0.15) is 0 Å². The first kappa shape index (κ1) is 47.5. The molecule has 0 unspecified atom stereocenters. The van der Waals surface area contributed by atoms with E-state index in [0.29, 0.717) is 72.7 Å². The van der Waals surface area contributed by atoms with Crippen LogP contribution < -0.4 is 33.5 Å². The fourth-order valence-electron chi connectivity index (χ4n) is 9.02. The van der Waals surface area contributed by atoms with Gasteiger partial charge in [-0.25, -0.2) is 29.5 Å². The molecule has 0 radical (unpaired) electrons. The van der Waals surface area contributed by atoms with Gasteiger partial charge < -0.3 is 20.9 Å². The summed E-state index contributed by atoms with van der Waals surface area (Å²) < 4.78 is 6.17. The number of hydrogen-bond donors (Lipinski definition) is 2. The molecule has 19 heteroatoms. The number of nitrogens with zero attached hydrogens (tertiary/aromatic N) is 10. The van der Waals surface area contributed by atoms with Crippen molar-refractivity contribution >= 4 is 52.3 Å². The standard InChI is InChI=1S/C24H30N6O3.C17H17ClN4O2.C7H14N2O/c1-2-11-29-22-18(23(32)30(24(29)33)17-7-8-17)14-19(27-22)16-6-9-20(26-15-16)25-10-4-13-28-12-3-5-21(28)31;1-2-7-21-15-12(16(23)22(17(21)24)11-4-5-11)8-13(20-15)10-3-6-14(18)19-9-10;8-4-2-6-9-5-1-3-7(9)10/h6,9,15,17H,2-5,7-8,10-14H2,1H3,(H,25,26);3,6,9,11H,2,4-5,7-8H2,1H3;1-6,8H2. The van der Waals surface area contributed by atoms with E-state index in [1.807, 2.05) is 41.8 Å². The molecule has 4 aliphatic heterocycles. The second kappa shape index (κ2) is 21.3. The molecular weight excluding hydrogens is 876 g/mol. The summed E-state index contributed by atoms with van der Waals surface area (Å²) in [6.45, 7) is 10.0. The first-order valence-corrected chi connectivity index (χ1v) is 24.4. The average Bonchev–Trinajstić information content (AvgIpc) is 4.14. The number of fused-ring (bicyclic) bond motifs is 2. The lowest BCUT2D eigenvalue weighted by Gasteiger charge is -2.15. The number of amides is 2. The Labute approximate surface area is 393 Å². The first-order chi connectivity index (χ1) is 32.5. The summed E-state index contributed by atoms with van der Waals surface area (Å²) in [5.41, 5.74) is 8.89. The number of hydrogen-bond acceptors (Lipinski definition) is 12. The Hall–Kier alpha value is -6.01. The summed E-state index contributed by atoms with van der Waals surface area (Å²) in [6, 6.07) is 7.48. The Bertz CT molecular complexity index is 2780. The molecule has 4 aromatic rings. The molecule has 2 amide bonds. The molecule has 6 aliphatic rings. The van der Waals surface area contributed by atoms with Crippen LogP contribution in [0.1, 0.15) is 125 Å². The summed E-state index contributed by atoms with van der Waals surface area (Å²) in [5, 5.41) is 3.71. The number of anilines is 1. The van der Waals surface area contributed by atoms with Crippen molar-refractivity contribution < 1.29 is 9.59 Å². The molecule has 0 bridgehead atoms. The summed E-state index contributed by atoms with van der Waals surface area (Å²) in [5.74, 6) is 2.34. The number of likely N-dealkylation sites (tertiary alicyclic amines) is 2. The third-order valence-corrected chi connectivity index (χ3v) is 13.0. The largest absolute Gasteiger partial charge is 0.370 e. The molecule has 18 nitrogen and oxygen atoms in total. The number of carbonyl (C=O) groups is 2. The third-order valence-electron chi connectivity index (χ3n) is 12.8. The minimum absolute atomic E-state index is 0.0399. The number of aliphatic imine (C=N–C) groups is 2. The highest BCUT2D eigenvalue weighted by atomic mass is 35.5. The van der Waals surface area contributed by atoms with Crippen molar-refractivity contribution in [1.82, 2.24) is 38.0 Å². The number of nitrogens with two attached hydrogens (primary N) is 1.